The molecule has 0 spiro atoms. The zero-order valence-electron chi connectivity index (χ0n) is 19.9. The molecule has 11 heteroatoms. The van der Waals surface area contributed by atoms with E-state index in [0.29, 0.717) is 11.1 Å². The van der Waals surface area contributed by atoms with Crippen LogP contribution < -0.4 is 10.6 Å². The fourth-order valence-corrected chi connectivity index (χ4v) is 4.69. The maximum atomic E-state index is 13.2. The minimum atomic E-state index is -1.08. The number of carbonyl (C=O) groups excluding carboxylic acids is 2. The molecule has 3 rings (SSSR count). The van der Waals surface area contributed by atoms with Crippen molar-refractivity contribution in [2.24, 2.45) is 5.73 Å². The van der Waals surface area contributed by atoms with Gasteiger partial charge in [-0.15, -0.1) is 0 Å². The molecular formula is C25H23BrN4O6. The lowest BCUT2D eigenvalue weighted by Crippen LogP contribution is -2.41. The molecule has 1 aliphatic heterocycles. The van der Waals surface area contributed by atoms with Gasteiger partial charge in [0.1, 0.15) is 17.2 Å². The third kappa shape index (κ3) is 4.55. The standard InChI is InChI=1S/C25H23BrN4O6/c1-13(2)15-10-17(26)21(18(11-15)30(33)34)29-22(25(32)36-4)20(24(31)35-3)19(16(12-27)23(29)28)14-8-6-5-7-9-14/h5-11,13,19H,28H2,1-4H3. The first-order valence-electron chi connectivity index (χ1n) is 10.7. The highest BCUT2D eigenvalue weighted by Gasteiger charge is 2.45. The number of nitrogens with zero attached hydrogens (tertiary/aromatic N) is 3. The Morgan fingerprint density at radius 2 is 1.78 bits per heavy atom. The zero-order chi connectivity index (χ0) is 26.7. The van der Waals surface area contributed by atoms with Gasteiger partial charge in [0.05, 0.1) is 42.3 Å². The van der Waals surface area contributed by atoms with E-state index in [2.05, 4.69) is 15.9 Å². The number of nitrogens with two attached hydrogens (primary N) is 1. The average Bonchev–Trinajstić information content (AvgIpc) is 2.87. The third-order valence-electron chi connectivity index (χ3n) is 5.76. The van der Waals surface area contributed by atoms with Crippen molar-refractivity contribution in [2.45, 2.75) is 25.7 Å². The molecule has 0 radical (unpaired) electrons. The van der Waals surface area contributed by atoms with E-state index in [1.165, 1.54) is 6.07 Å². The lowest BCUT2D eigenvalue weighted by molar-refractivity contribution is -0.384. The number of nitro benzene ring substituents is 1. The molecule has 2 N–H and O–H groups in total. The molecular weight excluding hydrogens is 532 g/mol. The summed E-state index contributed by atoms with van der Waals surface area (Å²) in [4.78, 5) is 38.9. The van der Waals surface area contributed by atoms with Gasteiger partial charge in [0.25, 0.3) is 5.69 Å². The minimum absolute atomic E-state index is 0.0540. The number of benzene rings is 2. The van der Waals surface area contributed by atoms with Gasteiger partial charge in [-0.2, -0.15) is 5.26 Å². The number of halogens is 1. The van der Waals surface area contributed by atoms with E-state index in [9.17, 15) is 25.0 Å². The second kappa shape index (κ2) is 10.6. The van der Waals surface area contributed by atoms with Crippen molar-refractivity contribution in [2.75, 3.05) is 19.1 Å². The summed E-state index contributed by atoms with van der Waals surface area (Å²) in [5.41, 5.74) is 6.34. The smallest absolute Gasteiger partial charge is 0.355 e. The summed E-state index contributed by atoms with van der Waals surface area (Å²) in [6, 6.07) is 13.5. The summed E-state index contributed by atoms with van der Waals surface area (Å²) in [6.45, 7) is 3.74. The number of rotatable bonds is 6. The fourth-order valence-electron chi connectivity index (χ4n) is 4.04. The van der Waals surface area contributed by atoms with Crippen LogP contribution in [-0.2, 0) is 19.1 Å². The quantitative estimate of drug-likeness (QED) is 0.311. The normalized spacial score (nSPS) is 15.6. The molecule has 1 atom stereocenters. The monoisotopic (exact) mass is 554 g/mol. The SMILES string of the molecule is COC(=O)C1=C(C(=O)OC)N(c2c(Br)cc(C(C)C)cc2[N+](=O)[O-])C(N)=C(C#N)C1c1ccccc1. The largest absolute Gasteiger partial charge is 0.466 e. The molecule has 0 aromatic heterocycles. The van der Waals surface area contributed by atoms with Gasteiger partial charge in [0, 0.05) is 10.5 Å². The summed E-state index contributed by atoms with van der Waals surface area (Å²) in [6.07, 6.45) is 0. The molecule has 0 aliphatic carbocycles. The van der Waals surface area contributed by atoms with Crippen LogP contribution in [0.1, 0.15) is 36.8 Å². The van der Waals surface area contributed by atoms with Crippen LogP contribution in [0, 0.1) is 21.4 Å². The Hall–Kier alpha value is -4.17. The highest BCUT2D eigenvalue weighted by atomic mass is 79.9. The summed E-state index contributed by atoms with van der Waals surface area (Å²) >= 11 is 3.37. The van der Waals surface area contributed by atoms with E-state index in [1.54, 1.807) is 36.4 Å². The zero-order valence-corrected chi connectivity index (χ0v) is 21.5. The Morgan fingerprint density at radius 1 is 1.17 bits per heavy atom. The van der Waals surface area contributed by atoms with Crippen LogP contribution in [0.2, 0.25) is 0 Å². The number of hydrogen-bond donors (Lipinski definition) is 1. The predicted octanol–water partition coefficient (Wildman–Crippen LogP) is 4.38. The Bertz CT molecular complexity index is 1340. The Morgan fingerprint density at radius 3 is 2.28 bits per heavy atom. The molecule has 10 nitrogen and oxygen atoms in total. The molecule has 186 valence electrons. The first kappa shape index (κ1) is 26.4. The lowest BCUT2D eigenvalue weighted by Gasteiger charge is -2.36. The van der Waals surface area contributed by atoms with Crippen LogP contribution in [-0.4, -0.2) is 31.1 Å². The van der Waals surface area contributed by atoms with E-state index >= 15 is 0 Å². The molecule has 0 amide bonds. The molecule has 2 aromatic rings. The van der Waals surface area contributed by atoms with Crippen molar-refractivity contribution in [1.29, 1.82) is 5.26 Å². The first-order chi connectivity index (χ1) is 17.1. The molecule has 0 saturated heterocycles. The Kier molecular flexibility index (Phi) is 7.80. The van der Waals surface area contributed by atoms with Crippen LogP contribution in [0.3, 0.4) is 0 Å². The van der Waals surface area contributed by atoms with Crippen LogP contribution in [0.25, 0.3) is 0 Å². The summed E-state index contributed by atoms with van der Waals surface area (Å²) in [7, 11) is 2.23. The summed E-state index contributed by atoms with van der Waals surface area (Å²) in [5.74, 6) is -3.32. The number of anilines is 1. The first-order valence-corrected chi connectivity index (χ1v) is 11.5. The van der Waals surface area contributed by atoms with Gasteiger partial charge < -0.3 is 15.2 Å². The number of esters is 2. The number of carbonyl (C=O) groups is 2. The van der Waals surface area contributed by atoms with Crippen molar-refractivity contribution in [3.8, 4) is 6.07 Å². The number of hydrogen-bond acceptors (Lipinski definition) is 9. The van der Waals surface area contributed by atoms with E-state index in [1.807, 2.05) is 19.9 Å². The number of nitro groups is 1. The van der Waals surface area contributed by atoms with Gasteiger partial charge in [-0.3, -0.25) is 15.0 Å². The predicted molar refractivity (Wildman–Crippen MR) is 134 cm³/mol. The highest BCUT2D eigenvalue weighted by Crippen LogP contribution is 2.48. The summed E-state index contributed by atoms with van der Waals surface area (Å²) < 4.78 is 10.2. The maximum absolute atomic E-state index is 13.2. The molecule has 0 bridgehead atoms. The molecule has 1 aliphatic rings. The Balaban J connectivity index is 2.52. The molecule has 0 fully saturated rings. The summed E-state index contributed by atoms with van der Waals surface area (Å²) in [5, 5.41) is 22.3. The van der Waals surface area contributed by atoms with Crippen molar-refractivity contribution in [3.63, 3.8) is 0 Å². The number of nitriles is 1. The highest BCUT2D eigenvalue weighted by molar-refractivity contribution is 9.10. The van der Waals surface area contributed by atoms with Crippen molar-refractivity contribution < 1.29 is 24.0 Å². The van der Waals surface area contributed by atoms with Crippen molar-refractivity contribution in [3.05, 3.63) is 90.8 Å². The van der Waals surface area contributed by atoms with E-state index in [0.717, 1.165) is 19.1 Å². The molecule has 1 unspecified atom stereocenters. The van der Waals surface area contributed by atoms with Gasteiger partial charge in [0.15, 0.2) is 0 Å². The van der Waals surface area contributed by atoms with Crippen LogP contribution in [0.15, 0.2) is 69.6 Å². The van der Waals surface area contributed by atoms with E-state index < -0.39 is 34.2 Å². The van der Waals surface area contributed by atoms with Crippen LogP contribution in [0.4, 0.5) is 11.4 Å². The van der Waals surface area contributed by atoms with Gasteiger partial charge in [-0.1, -0.05) is 44.2 Å². The second-order valence-corrected chi connectivity index (χ2v) is 8.97. The van der Waals surface area contributed by atoms with Crippen LogP contribution >= 0.6 is 15.9 Å². The topological polar surface area (TPSA) is 149 Å². The van der Waals surface area contributed by atoms with Gasteiger partial charge in [-0.05, 0) is 39.0 Å². The number of allylic oxidation sites excluding steroid dienone is 1. The minimum Gasteiger partial charge on any atom is -0.466 e. The van der Waals surface area contributed by atoms with Gasteiger partial charge >= 0.3 is 11.9 Å². The van der Waals surface area contributed by atoms with Gasteiger partial charge in [-0.25, -0.2) is 9.59 Å². The number of ether oxygens (including phenoxy) is 2. The van der Waals surface area contributed by atoms with Crippen molar-refractivity contribution in [1.82, 2.24) is 0 Å². The van der Waals surface area contributed by atoms with E-state index in [4.69, 9.17) is 15.2 Å². The lowest BCUT2D eigenvalue weighted by atomic mass is 9.81. The van der Waals surface area contributed by atoms with E-state index in [-0.39, 0.29) is 33.0 Å². The van der Waals surface area contributed by atoms with Crippen molar-refractivity contribution >= 4 is 39.2 Å². The number of methoxy groups -OCH3 is 2. The second-order valence-electron chi connectivity index (χ2n) is 8.12. The Labute approximate surface area is 215 Å². The molecule has 1 heterocycles. The van der Waals surface area contributed by atoms with Crippen LogP contribution in [0.5, 0.6) is 0 Å². The molecule has 36 heavy (non-hydrogen) atoms. The fraction of sp³-hybridized carbons (Fsp3) is 0.240. The maximum Gasteiger partial charge on any atom is 0.355 e. The van der Waals surface area contributed by atoms with Gasteiger partial charge in [0.2, 0.25) is 0 Å². The third-order valence-corrected chi connectivity index (χ3v) is 6.37. The average molecular weight is 555 g/mol. The molecule has 0 saturated carbocycles. The molecule has 2 aromatic carbocycles.